The van der Waals surface area contributed by atoms with Gasteiger partial charge in [-0.1, -0.05) is 0 Å². The molecule has 0 spiro atoms. The molecule has 0 saturated carbocycles. The van der Waals surface area contributed by atoms with Gasteiger partial charge < -0.3 is 10.3 Å². The number of thioether (sulfide) groups is 1. The highest BCUT2D eigenvalue weighted by Crippen LogP contribution is 2.30. The van der Waals surface area contributed by atoms with E-state index in [1.807, 2.05) is 17.8 Å². The maximum absolute atomic E-state index is 12.2. The Morgan fingerprint density at radius 1 is 1.48 bits per heavy atom. The molecule has 4 nitrogen and oxygen atoms in total. The highest BCUT2D eigenvalue weighted by Gasteiger charge is 2.16. The summed E-state index contributed by atoms with van der Waals surface area (Å²) in [5.41, 5.74) is 6.16. The minimum absolute atomic E-state index is 0.00225. The average Bonchev–Trinajstić information content (AvgIpc) is 2.92. The molecule has 1 fully saturated rings. The van der Waals surface area contributed by atoms with Crippen molar-refractivity contribution >= 4 is 55.0 Å². The molecule has 1 saturated heterocycles. The number of aliphatic imine (C=N–C) groups is 1. The normalized spacial score (nSPS) is 17.5. The van der Waals surface area contributed by atoms with Gasteiger partial charge in [-0.25, -0.2) is 0 Å². The lowest BCUT2D eigenvalue weighted by Gasteiger charge is -2.17. The fourth-order valence-corrected chi connectivity index (χ4v) is 5.21. The highest BCUT2D eigenvalue weighted by atomic mass is 79.9. The van der Waals surface area contributed by atoms with E-state index in [0.29, 0.717) is 17.3 Å². The van der Waals surface area contributed by atoms with Crippen LogP contribution in [0, 0.1) is 0 Å². The number of hydrogen-bond acceptors (Lipinski definition) is 4. The summed E-state index contributed by atoms with van der Waals surface area (Å²) in [7, 11) is 1.75. The van der Waals surface area contributed by atoms with E-state index >= 15 is 0 Å². The van der Waals surface area contributed by atoms with Gasteiger partial charge in [0.25, 0.3) is 5.56 Å². The van der Waals surface area contributed by atoms with Gasteiger partial charge in [-0.05, 0) is 46.3 Å². The number of aromatic nitrogens is 1. The number of nitrogens with two attached hydrogens (primary N) is 1. The topological polar surface area (TPSA) is 60.4 Å². The predicted molar refractivity (Wildman–Crippen MR) is 95.8 cm³/mol. The van der Waals surface area contributed by atoms with Crippen LogP contribution in [-0.4, -0.2) is 28.0 Å². The quantitative estimate of drug-likeness (QED) is 0.638. The number of pyridine rings is 1. The van der Waals surface area contributed by atoms with E-state index in [-0.39, 0.29) is 5.56 Å². The fourth-order valence-electron chi connectivity index (χ4n) is 2.41. The van der Waals surface area contributed by atoms with Gasteiger partial charge in [0, 0.05) is 13.2 Å². The summed E-state index contributed by atoms with van der Waals surface area (Å²) >= 11 is 7.01. The molecule has 1 aliphatic rings. The molecule has 0 amide bonds. The molecule has 3 heterocycles. The van der Waals surface area contributed by atoms with Crippen LogP contribution in [0.1, 0.15) is 17.7 Å². The Morgan fingerprint density at radius 3 is 2.90 bits per heavy atom. The standard InChI is InChI=1S/C14H16BrN3OS2/c1-18-7-10(15)12-9(14(18)19)6-11(21-12)13(16)17-8-2-4-20-5-3-8/h6-8H,2-5H2,1H3,(H2,16,17). The molecule has 0 bridgehead atoms. The van der Waals surface area contributed by atoms with Gasteiger partial charge in [0.2, 0.25) is 0 Å². The molecular weight excluding hydrogens is 370 g/mol. The number of aryl methyl sites for hydroxylation is 1. The molecule has 3 rings (SSSR count). The van der Waals surface area contributed by atoms with E-state index in [1.165, 1.54) is 11.3 Å². The molecule has 112 valence electrons. The van der Waals surface area contributed by atoms with Crippen LogP contribution in [0.15, 0.2) is 26.5 Å². The van der Waals surface area contributed by atoms with Crippen LogP contribution in [-0.2, 0) is 7.05 Å². The number of amidine groups is 1. The summed E-state index contributed by atoms with van der Waals surface area (Å²) in [6.45, 7) is 0. The van der Waals surface area contributed by atoms with Crippen molar-refractivity contribution in [3.05, 3.63) is 32.0 Å². The number of halogens is 1. The summed E-state index contributed by atoms with van der Waals surface area (Å²) in [5, 5.41) is 0.698. The predicted octanol–water partition coefficient (Wildman–Crippen LogP) is 2.96. The summed E-state index contributed by atoms with van der Waals surface area (Å²) in [6.07, 6.45) is 3.96. The van der Waals surface area contributed by atoms with Gasteiger partial charge in [-0.15, -0.1) is 11.3 Å². The van der Waals surface area contributed by atoms with Crippen molar-refractivity contribution in [1.82, 2.24) is 4.57 Å². The first-order valence-electron chi connectivity index (χ1n) is 6.76. The Labute approximate surface area is 139 Å². The van der Waals surface area contributed by atoms with Crippen molar-refractivity contribution in [2.24, 2.45) is 17.8 Å². The zero-order valence-corrected chi connectivity index (χ0v) is 14.9. The molecule has 7 heteroatoms. The molecule has 0 aromatic carbocycles. The number of rotatable bonds is 2. The summed E-state index contributed by atoms with van der Waals surface area (Å²) in [5.74, 6) is 2.86. The lowest BCUT2D eigenvalue weighted by Crippen LogP contribution is -2.20. The van der Waals surface area contributed by atoms with Crippen LogP contribution >= 0.6 is 39.0 Å². The third-order valence-corrected chi connectivity index (χ3v) is 6.67. The average molecular weight is 386 g/mol. The largest absolute Gasteiger partial charge is 0.383 e. The number of hydrogen-bond donors (Lipinski definition) is 1. The molecular formula is C14H16BrN3OS2. The Kier molecular flexibility index (Phi) is 4.42. The monoisotopic (exact) mass is 385 g/mol. The fraction of sp³-hybridized carbons (Fsp3) is 0.429. The zero-order valence-electron chi connectivity index (χ0n) is 11.6. The molecule has 0 radical (unpaired) electrons. The smallest absolute Gasteiger partial charge is 0.259 e. The number of fused-ring (bicyclic) bond motifs is 1. The van der Waals surface area contributed by atoms with E-state index < -0.39 is 0 Å². The lowest BCUT2D eigenvalue weighted by atomic mass is 10.2. The molecule has 2 N–H and O–H groups in total. The van der Waals surface area contributed by atoms with Crippen molar-refractivity contribution in [3.63, 3.8) is 0 Å². The lowest BCUT2D eigenvalue weighted by molar-refractivity contribution is 0.627. The third kappa shape index (κ3) is 3.05. The van der Waals surface area contributed by atoms with Crippen molar-refractivity contribution in [3.8, 4) is 0 Å². The van der Waals surface area contributed by atoms with Crippen LogP contribution in [0.5, 0.6) is 0 Å². The van der Waals surface area contributed by atoms with Crippen molar-refractivity contribution in [2.75, 3.05) is 11.5 Å². The molecule has 2 aromatic rings. The van der Waals surface area contributed by atoms with Gasteiger partial charge in [0.1, 0.15) is 5.84 Å². The molecule has 0 aliphatic carbocycles. The van der Waals surface area contributed by atoms with Gasteiger partial charge in [0.15, 0.2) is 0 Å². The summed E-state index contributed by atoms with van der Waals surface area (Å²) in [4.78, 5) is 17.7. The molecule has 2 aromatic heterocycles. The second-order valence-corrected chi connectivity index (χ2v) is 8.24. The van der Waals surface area contributed by atoms with Crippen LogP contribution in [0.3, 0.4) is 0 Å². The van der Waals surface area contributed by atoms with Crippen molar-refractivity contribution < 1.29 is 0 Å². The van der Waals surface area contributed by atoms with Crippen LogP contribution in [0.4, 0.5) is 0 Å². The van der Waals surface area contributed by atoms with E-state index in [9.17, 15) is 4.79 Å². The number of nitrogens with zero attached hydrogens (tertiary/aromatic N) is 2. The van der Waals surface area contributed by atoms with Crippen LogP contribution < -0.4 is 11.3 Å². The molecule has 0 unspecified atom stereocenters. The Bertz CT molecular complexity index is 759. The van der Waals surface area contributed by atoms with E-state index in [4.69, 9.17) is 5.73 Å². The van der Waals surface area contributed by atoms with Gasteiger partial charge in [-0.3, -0.25) is 9.79 Å². The van der Waals surface area contributed by atoms with E-state index in [0.717, 1.165) is 38.4 Å². The van der Waals surface area contributed by atoms with Gasteiger partial charge >= 0.3 is 0 Å². The molecule has 21 heavy (non-hydrogen) atoms. The van der Waals surface area contributed by atoms with Crippen molar-refractivity contribution in [1.29, 1.82) is 0 Å². The summed E-state index contributed by atoms with van der Waals surface area (Å²) < 4.78 is 3.43. The first kappa shape index (κ1) is 15.1. The second-order valence-electron chi connectivity index (χ2n) is 5.10. The SMILES string of the molecule is Cn1cc(Br)c2sc(C(N)=NC3CCSCC3)cc2c1=O. The van der Waals surface area contributed by atoms with Gasteiger partial charge in [-0.2, -0.15) is 11.8 Å². The second kappa shape index (κ2) is 6.14. The van der Waals surface area contributed by atoms with Crippen LogP contribution in [0.2, 0.25) is 0 Å². The minimum atomic E-state index is -0.00225. The van der Waals surface area contributed by atoms with E-state index in [2.05, 4.69) is 20.9 Å². The zero-order chi connectivity index (χ0) is 15.0. The first-order chi connectivity index (χ1) is 10.1. The number of thiophene rings is 1. The summed E-state index contributed by atoms with van der Waals surface area (Å²) in [6, 6.07) is 2.19. The van der Waals surface area contributed by atoms with Crippen LogP contribution in [0.25, 0.3) is 10.1 Å². The Balaban J connectivity index is 2.01. The Hall–Kier alpha value is -0.790. The molecule has 0 atom stereocenters. The first-order valence-corrected chi connectivity index (χ1v) is 9.52. The highest BCUT2D eigenvalue weighted by molar-refractivity contribution is 9.10. The van der Waals surface area contributed by atoms with E-state index in [1.54, 1.807) is 17.8 Å². The maximum atomic E-state index is 12.2. The maximum Gasteiger partial charge on any atom is 0.259 e. The van der Waals surface area contributed by atoms with Gasteiger partial charge in [0.05, 0.1) is 25.5 Å². The third-order valence-electron chi connectivity index (χ3n) is 3.57. The Morgan fingerprint density at radius 2 is 2.19 bits per heavy atom. The minimum Gasteiger partial charge on any atom is -0.383 e. The van der Waals surface area contributed by atoms with Crippen molar-refractivity contribution in [2.45, 2.75) is 18.9 Å². The molecule has 1 aliphatic heterocycles.